The third kappa shape index (κ3) is 3.97. The highest BCUT2D eigenvalue weighted by molar-refractivity contribution is 7.86. The molecule has 0 aliphatic heterocycles. The summed E-state index contributed by atoms with van der Waals surface area (Å²) in [6.45, 7) is 3.68. The summed E-state index contributed by atoms with van der Waals surface area (Å²) in [5.74, 6) is 0.395. The van der Waals surface area contributed by atoms with Gasteiger partial charge in [-0.05, 0) is 38.1 Å². The lowest BCUT2D eigenvalue weighted by atomic mass is 10.1. The number of aldehydes is 1. The molecule has 0 radical (unpaired) electrons. The van der Waals surface area contributed by atoms with Crippen molar-refractivity contribution in [2.45, 2.75) is 24.8 Å². The van der Waals surface area contributed by atoms with Crippen LogP contribution in [0.3, 0.4) is 0 Å². The van der Waals surface area contributed by atoms with Crippen LogP contribution >= 0.6 is 0 Å². The molecular formula is C17H18O5S. The molecule has 23 heavy (non-hydrogen) atoms. The SMILES string of the molecule is COc1ccc(C)cc1C(C=O)OS(=O)(=O)c1ccc(C)cc1. The Morgan fingerprint density at radius 3 is 2.17 bits per heavy atom. The van der Waals surface area contributed by atoms with Gasteiger partial charge in [-0.3, -0.25) is 4.18 Å². The van der Waals surface area contributed by atoms with Gasteiger partial charge >= 0.3 is 0 Å². The van der Waals surface area contributed by atoms with Gasteiger partial charge in [0.05, 0.1) is 12.0 Å². The lowest BCUT2D eigenvalue weighted by Crippen LogP contribution is -2.14. The Kier molecular flexibility index (Phi) is 5.18. The average Bonchev–Trinajstić information content (AvgIpc) is 2.53. The summed E-state index contributed by atoms with van der Waals surface area (Å²) in [5, 5.41) is 0. The van der Waals surface area contributed by atoms with Crippen molar-refractivity contribution in [3.05, 3.63) is 59.2 Å². The van der Waals surface area contributed by atoms with Gasteiger partial charge in [-0.2, -0.15) is 8.42 Å². The van der Waals surface area contributed by atoms with Crippen LogP contribution in [0.2, 0.25) is 0 Å². The van der Waals surface area contributed by atoms with E-state index in [9.17, 15) is 13.2 Å². The molecule has 5 nitrogen and oxygen atoms in total. The van der Waals surface area contributed by atoms with Crippen LogP contribution < -0.4 is 4.74 Å². The molecule has 0 amide bonds. The van der Waals surface area contributed by atoms with Crippen LogP contribution in [-0.4, -0.2) is 21.8 Å². The molecule has 2 rings (SSSR count). The van der Waals surface area contributed by atoms with Gasteiger partial charge in [-0.1, -0.05) is 29.3 Å². The van der Waals surface area contributed by atoms with Gasteiger partial charge in [0.25, 0.3) is 10.1 Å². The van der Waals surface area contributed by atoms with Gasteiger partial charge in [0, 0.05) is 5.56 Å². The van der Waals surface area contributed by atoms with E-state index in [-0.39, 0.29) is 4.90 Å². The van der Waals surface area contributed by atoms with Crippen molar-refractivity contribution in [3.63, 3.8) is 0 Å². The number of aryl methyl sites for hydroxylation is 2. The molecule has 1 atom stereocenters. The lowest BCUT2D eigenvalue weighted by molar-refractivity contribution is -0.113. The van der Waals surface area contributed by atoms with Crippen LogP contribution in [-0.2, 0) is 19.1 Å². The topological polar surface area (TPSA) is 69.7 Å². The van der Waals surface area contributed by atoms with Crippen LogP contribution in [0, 0.1) is 13.8 Å². The highest BCUT2D eigenvalue weighted by Crippen LogP contribution is 2.30. The molecule has 0 saturated heterocycles. The molecule has 2 aromatic carbocycles. The van der Waals surface area contributed by atoms with Crippen molar-refractivity contribution in [2.75, 3.05) is 7.11 Å². The van der Waals surface area contributed by atoms with Crippen molar-refractivity contribution in [2.24, 2.45) is 0 Å². The molecule has 6 heteroatoms. The summed E-state index contributed by atoms with van der Waals surface area (Å²) in [6.07, 6.45) is -0.820. The minimum absolute atomic E-state index is 0.00145. The van der Waals surface area contributed by atoms with E-state index < -0.39 is 16.2 Å². The van der Waals surface area contributed by atoms with Crippen LogP contribution in [0.25, 0.3) is 0 Å². The first-order chi connectivity index (χ1) is 10.9. The lowest BCUT2D eigenvalue weighted by Gasteiger charge is -2.16. The number of carbonyl (C=O) groups excluding carboxylic acids is 1. The molecule has 0 fully saturated rings. The molecule has 122 valence electrons. The molecule has 0 aliphatic rings. The van der Waals surface area contributed by atoms with E-state index in [4.69, 9.17) is 8.92 Å². The van der Waals surface area contributed by atoms with Crippen LogP contribution in [0.5, 0.6) is 5.75 Å². The average molecular weight is 334 g/mol. The number of hydrogen-bond donors (Lipinski definition) is 0. The quantitative estimate of drug-likeness (QED) is 0.600. The molecule has 0 N–H and O–H groups in total. The Morgan fingerprint density at radius 2 is 1.61 bits per heavy atom. The van der Waals surface area contributed by atoms with E-state index in [1.54, 1.807) is 30.3 Å². The van der Waals surface area contributed by atoms with E-state index in [2.05, 4.69) is 0 Å². The maximum atomic E-state index is 12.3. The smallest absolute Gasteiger partial charge is 0.297 e. The summed E-state index contributed by atoms with van der Waals surface area (Å²) in [7, 11) is -2.61. The van der Waals surface area contributed by atoms with Crippen LogP contribution in [0.4, 0.5) is 0 Å². The van der Waals surface area contributed by atoms with E-state index in [0.717, 1.165) is 11.1 Å². The molecule has 0 spiro atoms. The Labute approximate surface area is 136 Å². The van der Waals surface area contributed by atoms with Crippen LogP contribution in [0.1, 0.15) is 22.8 Å². The minimum Gasteiger partial charge on any atom is -0.496 e. The number of ether oxygens (including phenoxy) is 1. The molecule has 0 saturated carbocycles. The fraction of sp³-hybridized carbons (Fsp3) is 0.235. The Balaban J connectivity index is 2.37. The molecule has 0 heterocycles. The van der Waals surface area contributed by atoms with Crippen molar-refractivity contribution < 1.29 is 22.1 Å². The predicted molar refractivity (Wildman–Crippen MR) is 86.0 cm³/mol. The van der Waals surface area contributed by atoms with Gasteiger partial charge in [0.1, 0.15) is 5.75 Å². The molecule has 2 aromatic rings. The second-order valence-corrected chi connectivity index (χ2v) is 6.74. The Morgan fingerprint density at radius 1 is 1.00 bits per heavy atom. The fourth-order valence-electron chi connectivity index (χ4n) is 2.12. The predicted octanol–water partition coefficient (Wildman–Crippen LogP) is 2.96. The second-order valence-electron chi connectivity index (χ2n) is 5.17. The molecular weight excluding hydrogens is 316 g/mol. The summed E-state index contributed by atoms with van der Waals surface area (Å²) in [5.41, 5.74) is 2.17. The van der Waals surface area contributed by atoms with E-state index in [1.807, 2.05) is 13.8 Å². The van der Waals surface area contributed by atoms with E-state index in [0.29, 0.717) is 17.6 Å². The zero-order valence-electron chi connectivity index (χ0n) is 13.1. The van der Waals surface area contributed by atoms with Gasteiger partial charge < -0.3 is 9.53 Å². The number of methoxy groups -OCH3 is 1. The maximum Gasteiger partial charge on any atom is 0.297 e. The fourth-order valence-corrected chi connectivity index (χ4v) is 3.12. The largest absolute Gasteiger partial charge is 0.496 e. The summed E-state index contributed by atoms with van der Waals surface area (Å²) in [6, 6.07) is 11.4. The number of carbonyl (C=O) groups is 1. The second kappa shape index (κ2) is 6.93. The minimum atomic E-state index is -4.06. The standard InChI is InChI=1S/C17H18O5S/c1-12-4-7-14(8-5-12)23(19,20)22-17(11-18)15-10-13(2)6-9-16(15)21-3/h4-11,17H,1-3H3. The molecule has 0 aliphatic carbocycles. The Bertz CT molecular complexity index is 794. The summed E-state index contributed by atoms with van der Waals surface area (Å²) in [4.78, 5) is 11.4. The number of benzene rings is 2. The molecule has 0 aromatic heterocycles. The monoisotopic (exact) mass is 334 g/mol. The summed E-state index contributed by atoms with van der Waals surface area (Å²) >= 11 is 0. The van der Waals surface area contributed by atoms with Gasteiger partial charge in [-0.15, -0.1) is 0 Å². The zero-order valence-corrected chi connectivity index (χ0v) is 14.0. The third-order valence-corrected chi connectivity index (χ3v) is 4.67. The highest BCUT2D eigenvalue weighted by atomic mass is 32.2. The van der Waals surface area contributed by atoms with Gasteiger partial charge in [-0.25, -0.2) is 0 Å². The molecule has 0 bridgehead atoms. The van der Waals surface area contributed by atoms with Crippen molar-refractivity contribution >= 4 is 16.4 Å². The van der Waals surface area contributed by atoms with Gasteiger partial charge in [0.2, 0.25) is 0 Å². The first-order valence-corrected chi connectivity index (χ1v) is 8.38. The van der Waals surface area contributed by atoms with Crippen molar-refractivity contribution in [1.29, 1.82) is 0 Å². The van der Waals surface area contributed by atoms with E-state index >= 15 is 0 Å². The number of rotatable bonds is 6. The third-order valence-electron chi connectivity index (χ3n) is 3.36. The first-order valence-electron chi connectivity index (χ1n) is 6.97. The Hall–Kier alpha value is -2.18. The van der Waals surface area contributed by atoms with Crippen molar-refractivity contribution in [3.8, 4) is 5.75 Å². The molecule has 1 unspecified atom stereocenters. The maximum absolute atomic E-state index is 12.3. The number of hydrogen-bond acceptors (Lipinski definition) is 5. The zero-order chi connectivity index (χ0) is 17.0. The highest BCUT2D eigenvalue weighted by Gasteiger charge is 2.25. The van der Waals surface area contributed by atoms with Crippen LogP contribution in [0.15, 0.2) is 47.4 Å². The van der Waals surface area contributed by atoms with E-state index in [1.165, 1.54) is 19.2 Å². The van der Waals surface area contributed by atoms with Gasteiger partial charge in [0.15, 0.2) is 12.4 Å². The first kappa shape index (κ1) is 17.2. The normalized spacial score (nSPS) is 12.7. The van der Waals surface area contributed by atoms with Crippen molar-refractivity contribution in [1.82, 2.24) is 0 Å². The summed E-state index contributed by atoms with van der Waals surface area (Å²) < 4.78 is 35.0.